The first-order valence-electron chi connectivity index (χ1n) is 17.9. The summed E-state index contributed by atoms with van der Waals surface area (Å²) in [5, 5.41) is 0. The second kappa shape index (κ2) is 35.9. The highest BCUT2D eigenvalue weighted by Crippen LogP contribution is 2.14. The predicted octanol–water partition coefficient (Wildman–Crippen LogP) is 11.6. The maximum atomic E-state index is 6.04. The van der Waals surface area contributed by atoms with Gasteiger partial charge in [-0.3, -0.25) is 0 Å². The van der Waals surface area contributed by atoms with Gasteiger partial charge in [0.1, 0.15) is 6.23 Å². The minimum absolute atomic E-state index is 0.239. The molecule has 0 aromatic heterocycles. The van der Waals surface area contributed by atoms with Crippen LogP contribution in [-0.2, 0) is 14.5 Å². The van der Waals surface area contributed by atoms with Crippen LogP contribution in [-0.4, -0.2) is 26.0 Å². The summed E-state index contributed by atoms with van der Waals surface area (Å²) in [6.45, 7) is 6.54. The first kappa shape index (κ1) is 38.8. The van der Waals surface area contributed by atoms with E-state index < -0.39 is 0 Å². The lowest BCUT2D eigenvalue weighted by atomic mass is 10.0. The molecule has 4 heteroatoms. The van der Waals surface area contributed by atoms with Crippen LogP contribution >= 0.6 is 0 Å². The number of hydrogen-bond acceptors (Lipinski definition) is 4. The molecule has 0 amide bonds. The zero-order valence-electron chi connectivity index (χ0n) is 27.0. The molecule has 39 heavy (non-hydrogen) atoms. The molecule has 0 heterocycles. The molecule has 0 radical (unpaired) electrons. The topological polar surface area (TPSA) is 53.7 Å². The molecule has 0 spiro atoms. The molecular weight excluding hydrogens is 482 g/mol. The van der Waals surface area contributed by atoms with Gasteiger partial charge in [0.2, 0.25) is 0 Å². The summed E-state index contributed by atoms with van der Waals surface area (Å²) in [6.07, 6.45) is 38.9. The Bertz CT molecular complexity index is 421. The lowest BCUT2D eigenvalue weighted by Crippen LogP contribution is -2.26. The van der Waals surface area contributed by atoms with E-state index in [1.807, 2.05) is 0 Å². The summed E-state index contributed by atoms with van der Waals surface area (Å²) in [6, 6.07) is 0. The van der Waals surface area contributed by atoms with Crippen molar-refractivity contribution in [2.75, 3.05) is 19.8 Å². The van der Waals surface area contributed by atoms with Crippen molar-refractivity contribution in [2.45, 2.75) is 206 Å². The highest BCUT2D eigenvalue weighted by Gasteiger charge is 2.03. The Labute approximate surface area is 246 Å². The minimum Gasteiger partial charge on any atom is -0.364 e. The third kappa shape index (κ3) is 35.8. The Kier molecular flexibility index (Phi) is 35.7. The van der Waals surface area contributed by atoms with Gasteiger partial charge in [-0.15, -0.1) is 0 Å². The summed E-state index contributed by atoms with van der Waals surface area (Å²) in [4.78, 5) is 10.6. The fraction of sp³-hybridized carbons (Fsp3) is 1.00. The van der Waals surface area contributed by atoms with E-state index in [0.717, 1.165) is 19.4 Å². The lowest BCUT2D eigenvalue weighted by Gasteiger charge is -2.12. The zero-order chi connectivity index (χ0) is 28.3. The fourth-order valence-corrected chi connectivity index (χ4v) is 5.25. The molecule has 0 aromatic carbocycles. The molecule has 1 atom stereocenters. The summed E-state index contributed by atoms with van der Waals surface area (Å²) >= 11 is 0. The van der Waals surface area contributed by atoms with E-state index in [0.29, 0.717) is 19.6 Å². The largest absolute Gasteiger partial charge is 0.364 e. The Balaban J connectivity index is 3.13. The van der Waals surface area contributed by atoms with E-state index in [2.05, 4.69) is 13.8 Å². The molecule has 0 saturated carbocycles. The molecule has 0 aliphatic rings. The van der Waals surface area contributed by atoms with Crippen molar-refractivity contribution in [2.24, 2.45) is 5.73 Å². The molecule has 1 unspecified atom stereocenters. The van der Waals surface area contributed by atoms with E-state index in [1.54, 1.807) is 0 Å². The molecular formula is C35H73NO3. The SMILES string of the molecule is CCCCCCCCCCCCCCCCOOCCC(N)OCCCCCCCCCCCCCCCC. The number of hydrogen-bond donors (Lipinski definition) is 1. The van der Waals surface area contributed by atoms with Gasteiger partial charge in [-0.25, -0.2) is 9.78 Å². The van der Waals surface area contributed by atoms with Crippen molar-refractivity contribution in [3.8, 4) is 0 Å². The molecule has 0 saturated heterocycles. The number of rotatable bonds is 35. The number of unbranched alkanes of at least 4 members (excludes halogenated alkanes) is 26. The van der Waals surface area contributed by atoms with Gasteiger partial charge in [0.15, 0.2) is 0 Å². The summed E-state index contributed by atoms with van der Waals surface area (Å²) < 4.78 is 5.72. The van der Waals surface area contributed by atoms with Crippen LogP contribution in [0.1, 0.15) is 200 Å². The van der Waals surface area contributed by atoms with Crippen LogP contribution in [0, 0.1) is 0 Å². The minimum atomic E-state index is -0.239. The van der Waals surface area contributed by atoms with Gasteiger partial charge >= 0.3 is 0 Å². The molecule has 0 bridgehead atoms. The Hall–Kier alpha value is -0.160. The Morgan fingerprint density at radius 2 is 0.641 bits per heavy atom. The first-order valence-corrected chi connectivity index (χ1v) is 17.9. The van der Waals surface area contributed by atoms with E-state index in [1.165, 1.54) is 167 Å². The second-order valence-electron chi connectivity index (χ2n) is 12.0. The summed E-state index contributed by atoms with van der Waals surface area (Å²) in [5.74, 6) is 0. The van der Waals surface area contributed by atoms with Crippen LogP contribution in [0.3, 0.4) is 0 Å². The van der Waals surface area contributed by atoms with Crippen LogP contribution < -0.4 is 5.73 Å². The Morgan fingerprint density at radius 1 is 0.359 bits per heavy atom. The molecule has 0 rings (SSSR count). The maximum absolute atomic E-state index is 6.04. The number of nitrogens with two attached hydrogens (primary N) is 1. The predicted molar refractivity (Wildman–Crippen MR) is 171 cm³/mol. The van der Waals surface area contributed by atoms with Gasteiger partial charge in [-0.2, -0.15) is 0 Å². The monoisotopic (exact) mass is 556 g/mol. The van der Waals surface area contributed by atoms with Crippen LogP contribution in [0.5, 0.6) is 0 Å². The standard InChI is InChI=1S/C35H73NO3/c1-3-5-7-9-11-13-15-17-19-21-23-25-27-29-32-37-35(36)31-34-39-38-33-30-28-26-24-22-20-18-16-14-12-10-8-6-4-2/h35H,3-34,36H2,1-2H3. The van der Waals surface area contributed by atoms with E-state index >= 15 is 0 Å². The van der Waals surface area contributed by atoms with E-state index in [9.17, 15) is 0 Å². The molecule has 2 N–H and O–H groups in total. The van der Waals surface area contributed by atoms with Gasteiger partial charge in [0.05, 0.1) is 13.2 Å². The van der Waals surface area contributed by atoms with Crippen molar-refractivity contribution in [3.05, 3.63) is 0 Å². The van der Waals surface area contributed by atoms with Crippen LogP contribution in [0.15, 0.2) is 0 Å². The second-order valence-corrected chi connectivity index (χ2v) is 12.0. The fourth-order valence-electron chi connectivity index (χ4n) is 5.25. The van der Waals surface area contributed by atoms with Crippen molar-refractivity contribution in [1.82, 2.24) is 0 Å². The molecule has 236 valence electrons. The lowest BCUT2D eigenvalue weighted by molar-refractivity contribution is -0.297. The van der Waals surface area contributed by atoms with Gasteiger partial charge in [0.25, 0.3) is 0 Å². The number of ether oxygens (including phenoxy) is 1. The first-order chi connectivity index (χ1) is 19.3. The summed E-state index contributed by atoms with van der Waals surface area (Å²) in [5.41, 5.74) is 6.04. The summed E-state index contributed by atoms with van der Waals surface area (Å²) in [7, 11) is 0. The molecule has 0 fully saturated rings. The van der Waals surface area contributed by atoms with Gasteiger partial charge in [-0.1, -0.05) is 181 Å². The highest BCUT2D eigenvalue weighted by molar-refractivity contribution is 4.52. The third-order valence-corrected chi connectivity index (χ3v) is 7.98. The van der Waals surface area contributed by atoms with Crippen LogP contribution in [0.25, 0.3) is 0 Å². The average Bonchev–Trinajstić information content (AvgIpc) is 2.94. The van der Waals surface area contributed by atoms with Crippen molar-refractivity contribution in [3.63, 3.8) is 0 Å². The van der Waals surface area contributed by atoms with Crippen molar-refractivity contribution in [1.29, 1.82) is 0 Å². The van der Waals surface area contributed by atoms with Crippen molar-refractivity contribution < 1.29 is 14.5 Å². The molecule has 0 aliphatic heterocycles. The van der Waals surface area contributed by atoms with Crippen LogP contribution in [0.2, 0.25) is 0 Å². The highest BCUT2D eigenvalue weighted by atomic mass is 17.2. The quantitative estimate of drug-likeness (QED) is 0.0365. The van der Waals surface area contributed by atoms with Gasteiger partial charge < -0.3 is 10.5 Å². The zero-order valence-corrected chi connectivity index (χ0v) is 27.0. The van der Waals surface area contributed by atoms with E-state index in [-0.39, 0.29) is 6.23 Å². The molecule has 4 nitrogen and oxygen atoms in total. The van der Waals surface area contributed by atoms with Crippen molar-refractivity contribution >= 4 is 0 Å². The smallest absolute Gasteiger partial charge is 0.107 e. The molecule has 0 aliphatic carbocycles. The normalized spacial score (nSPS) is 12.4. The van der Waals surface area contributed by atoms with E-state index in [4.69, 9.17) is 20.2 Å². The van der Waals surface area contributed by atoms with Gasteiger partial charge in [-0.05, 0) is 12.8 Å². The Morgan fingerprint density at radius 3 is 1.00 bits per heavy atom. The van der Waals surface area contributed by atoms with Gasteiger partial charge in [0, 0.05) is 13.0 Å². The third-order valence-electron chi connectivity index (χ3n) is 7.98. The maximum Gasteiger partial charge on any atom is 0.107 e. The average molecular weight is 556 g/mol. The van der Waals surface area contributed by atoms with Crippen LogP contribution in [0.4, 0.5) is 0 Å². The molecule has 0 aromatic rings.